The number of benzene rings is 6. The summed E-state index contributed by atoms with van der Waals surface area (Å²) in [4.78, 5) is 0. The molecule has 0 aliphatic carbocycles. The molecule has 274 valence electrons. The first-order chi connectivity index (χ1) is 25.9. The Bertz CT molecular complexity index is 2210. The van der Waals surface area contributed by atoms with Crippen LogP contribution in [-0.4, -0.2) is 14.2 Å². The Kier molecular flexibility index (Phi) is 9.33. The van der Waals surface area contributed by atoms with Crippen molar-refractivity contribution in [3.05, 3.63) is 132 Å². The maximum atomic E-state index is 7.29. The molecule has 2 unspecified atom stereocenters. The first kappa shape index (κ1) is 36.0. The fourth-order valence-electron chi connectivity index (χ4n) is 6.99. The molecule has 2 heterocycles. The van der Waals surface area contributed by atoms with Gasteiger partial charge in [-0.25, -0.2) is 0 Å². The molecule has 8 rings (SSSR count). The predicted molar refractivity (Wildman–Crippen MR) is 222 cm³/mol. The predicted octanol–water partition coefficient (Wildman–Crippen LogP) is 12.1. The molecule has 54 heavy (non-hydrogen) atoms. The summed E-state index contributed by atoms with van der Waals surface area (Å²) in [6.07, 6.45) is 0. The van der Waals surface area contributed by atoms with Crippen LogP contribution in [0, 0.1) is 0 Å². The first-order valence-electron chi connectivity index (χ1n) is 18.1. The highest BCUT2D eigenvalue weighted by Crippen LogP contribution is 2.58. The van der Waals surface area contributed by atoms with Gasteiger partial charge in [-0.05, 0) is 70.5 Å². The van der Waals surface area contributed by atoms with Crippen LogP contribution in [0.2, 0.25) is 0 Å². The van der Waals surface area contributed by atoms with E-state index < -0.39 is 16.8 Å². The standard InChI is InChI=1S/C46H44O6P2/c1-45(2,3)37-27-29(47-7)25-35(43(37)51-53-41-23-15-11-19-33(41)31-17-9-13-21-39(31)49-53)36-26-30(48-8)28-38(46(4,5)6)44(36)52-54-42-24-16-12-20-34(42)32-18-10-14-22-40(32)50-54/h9-28H,1-8H3. The number of para-hydroxylation sites is 2. The van der Waals surface area contributed by atoms with Crippen LogP contribution in [0.5, 0.6) is 34.5 Å². The SMILES string of the molecule is COc1cc(-c2cc(OC)cc(C(C)(C)C)c2OP2Oc3ccccc3-c3ccccc32)c(OP2Oc3ccccc3-c3ccccc32)c(C(C)(C)C)c1. The summed E-state index contributed by atoms with van der Waals surface area (Å²) in [6, 6.07) is 41.2. The van der Waals surface area contributed by atoms with Crippen LogP contribution in [0.25, 0.3) is 33.4 Å². The summed E-state index contributed by atoms with van der Waals surface area (Å²) in [7, 11) is 0.200. The van der Waals surface area contributed by atoms with Crippen LogP contribution in [-0.2, 0) is 10.8 Å². The van der Waals surface area contributed by atoms with Crippen molar-refractivity contribution >= 4 is 27.4 Å². The van der Waals surface area contributed by atoms with E-state index in [4.69, 9.17) is 27.6 Å². The molecule has 6 aromatic rings. The van der Waals surface area contributed by atoms with Crippen molar-refractivity contribution < 1.29 is 27.6 Å². The van der Waals surface area contributed by atoms with E-state index in [0.29, 0.717) is 23.0 Å². The van der Waals surface area contributed by atoms with Crippen molar-refractivity contribution in [1.82, 2.24) is 0 Å². The van der Waals surface area contributed by atoms with Crippen LogP contribution >= 0.6 is 16.8 Å². The molecule has 2 aliphatic heterocycles. The summed E-state index contributed by atoms with van der Waals surface area (Å²) in [5.41, 5.74) is 7.20. The van der Waals surface area contributed by atoms with Crippen molar-refractivity contribution in [2.45, 2.75) is 52.4 Å². The van der Waals surface area contributed by atoms with Gasteiger partial charge < -0.3 is 27.6 Å². The zero-order valence-corrected chi connectivity index (χ0v) is 33.7. The van der Waals surface area contributed by atoms with Gasteiger partial charge in [-0.3, -0.25) is 0 Å². The number of hydrogen-bond acceptors (Lipinski definition) is 6. The molecule has 0 saturated heterocycles. The molecule has 0 radical (unpaired) electrons. The molecule has 8 heteroatoms. The smallest absolute Gasteiger partial charge is 0.326 e. The van der Waals surface area contributed by atoms with Gasteiger partial charge in [0.25, 0.3) is 0 Å². The second kappa shape index (κ2) is 14.0. The Labute approximate surface area is 320 Å². The normalized spacial score (nSPS) is 15.7. The Morgan fingerprint density at radius 3 is 1.15 bits per heavy atom. The second-order valence-electron chi connectivity index (χ2n) is 15.5. The largest absolute Gasteiger partial charge is 0.497 e. The Hall–Kier alpha value is -5.02. The van der Waals surface area contributed by atoms with Crippen LogP contribution in [0.15, 0.2) is 121 Å². The molecule has 0 aromatic heterocycles. The van der Waals surface area contributed by atoms with Gasteiger partial charge in [0.2, 0.25) is 0 Å². The molecule has 2 atom stereocenters. The molecule has 0 amide bonds. The van der Waals surface area contributed by atoms with E-state index in [2.05, 4.69) is 102 Å². The van der Waals surface area contributed by atoms with E-state index in [1.165, 1.54) is 0 Å². The van der Waals surface area contributed by atoms with Crippen molar-refractivity contribution in [2.24, 2.45) is 0 Å². The third-order valence-electron chi connectivity index (χ3n) is 9.77. The number of rotatable bonds is 7. The van der Waals surface area contributed by atoms with Crippen molar-refractivity contribution in [1.29, 1.82) is 0 Å². The third-order valence-corrected chi connectivity index (χ3v) is 12.8. The van der Waals surface area contributed by atoms with Crippen LogP contribution in [0.3, 0.4) is 0 Å². The topological polar surface area (TPSA) is 55.4 Å². The fourth-order valence-corrected chi connectivity index (χ4v) is 10.1. The van der Waals surface area contributed by atoms with E-state index in [1.54, 1.807) is 14.2 Å². The van der Waals surface area contributed by atoms with Crippen molar-refractivity contribution in [2.75, 3.05) is 14.2 Å². The minimum atomic E-state index is -1.60. The molecule has 6 nitrogen and oxygen atoms in total. The maximum absolute atomic E-state index is 7.29. The number of hydrogen-bond donors (Lipinski definition) is 0. The summed E-state index contributed by atoms with van der Waals surface area (Å²) < 4.78 is 40.1. The van der Waals surface area contributed by atoms with Gasteiger partial charge in [0, 0.05) is 33.4 Å². The molecular weight excluding hydrogens is 710 g/mol. The maximum Gasteiger partial charge on any atom is 0.326 e. The summed E-state index contributed by atoms with van der Waals surface area (Å²) >= 11 is 0. The van der Waals surface area contributed by atoms with Gasteiger partial charge in [0.1, 0.15) is 34.5 Å². The van der Waals surface area contributed by atoms with Gasteiger partial charge in [-0.15, -0.1) is 0 Å². The third kappa shape index (κ3) is 6.57. The van der Waals surface area contributed by atoms with Crippen LogP contribution in [0.1, 0.15) is 52.7 Å². The minimum absolute atomic E-state index is 0.340. The lowest BCUT2D eigenvalue weighted by Crippen LogP contribution is -2.21. The van der Waals surface area contributed by atoms with Gasteiger partial charge >= 0.3 is 16.8 Å². The van der Waals surface area contributed by atoms with E-state index in [0.717, 1.165) is 66.6 Å². The zero-order chi connectivity index (χ0) is 37.8. The number of fused-ring (bicyclic) bond motifs is 6. The highest BCUT2D eigenvalue weighted by molar-refractivity contribution is 7.57. The highest BCUT2D eigenvalue weighted by Gasteiger charge is 2.37. The average Bonchev–Trinajstić information content (AvgIpc) is 3.17. The molecule has 0 bridgehead atoms. The monoisotopic (exact) mass is 754 g/mol. The summed E-state index contributed by atoms with van der Waals surface area (Å²) in [5, 5.41) is 2.03. The highest BCUT2D eigenvalue weighted by atomic mass is 31.2. The summed E-state index contributed by atoms with van der Waals surface area (Å²) in [6.45, 7) is 13.1. The molecule has 2 aliphatic rings. The minimum Gasteiger partial charge on any atom is -0.497 e. The lowest BCUT2D eigenvalue weighted by molar-refractivity contribution is 0.409. The van der Waals surface area contributed by atoms with E-state index in [-0.39, 0.29) is 10.8 Å². The molecule has 0 fully saturated rings. The van der Waals surface area contributed by atoms with Crippen molar-refractivity contribution in [3.8, 4) is 67.9 Å². The van der Waals surface area contributed by atoms with Gasteiger partial charge in [-0.2, -0.15) is 0 Å². The molecular formula is C46H44O6P2. The van der Waals surface area contributed by atoms with Crippen molar-refractivity contribution in [3.63, 3.8) is 0 Å². The summed E-state index contributed by atoms with van der Waals surface area (Å²) in [5.74, 6) is 4.40. The van der Waals surface area contributed by atoms with Gasteiger partial charge in [0.05, 0.1) is 24.8 Å². The van der Waals surface area contributed by atoms with E-state index >= 15 is 0 Å². The Morgan fingerprint density at radius 1 is 0.426 bits per heavy atom. The molecule has 0 saturated carbocycles. The molecule has 6 aromatic carbocycles. The lowest BCUT2D eigenvalue weighted by atomic mass is 9.81. The molecule has 0 N–H and O–H groups in total. The van der Waals surface area contributed by atoms with Crippen LogP contribution < -0.4 is 38.2 Å². The van der Waals surface area contributed by atoms with Gasteiger partial charge in [0.15, 0.2) is 0 Å². The number of methoxy groups -OCH3 is 2. The molecule has 0 spiro atoms. The Morgan fingerprint density at radius 2 is 0.778 bits per heavy atom. The number of ether oxygens (including phenoxy) is 2. The van der Waals surface area contributed by atoms with Crippen LogP contribution in [0.4, 0.5) is 0 Å². The zero-order valence-electron chi connectivity index (χ0n) is 31.9. The fraction of sp³-hybridized carbons (Fsp3) is 0.217. The van der Waals surface area contributed by atoms with E-state index in [1.807, 2.05) is 60.7 Å². The van der Waals surface area contributed by atoms with Gasteiger partial charge in [-0.1, -0.05) is 114 Å². The average molecular weight is 755 g/mol. The van der Waals surface area contributed by atoms with E-state index in [9.17, 15) is 0 Å². The first-order valence-corrected chi connectivity index (χ1v) is 20.4. The quantitative estimate of drug-likeness (QED) is 0.151. The Balaban J connectivity index is 1.36. The second-order valence-corrected chi connectivity index (χ2v) is 18.2. The lowest BCUT2D eigenvalue weighted by Gasteiger charge is -2.33.